The third-order valence-corrected chi connectivity index (χ3v) is 6.89. The summed E-state index contributed by atoms with van der Waals surface area (Å²) in [6, 6.07) is 24.8. The van der Waals surface area contributed by atoms with E-state index in [0.717, 1.165) is 31.6 Å². The molecule has 3 aromatic carbocycles. The Morgan fingerprint density at radius 3 is 2.34 bits per heavy atom. The van der Waals surface area contributed by atoms with Crippen molar-refractivity contribution in [2.75, 3.05) is 19.6 Å². The molecule has 1 aromatic heterocycles. The molecule has 5 rings (SSSR count). The summed E-state index contributed by atoms with van der Waals surface area (Å²) < 4.78 is 1.35. The molecule has 1 aliphatic rings. The number of H-pyrrole nitrogens is 1. The monoisotopic (exact) mass is 506 g/mol. The van der Waals surface area contributed by atoms with Crippen LogP contribution >= 0.6 is 0 Å². The Balaban J connectivity index is 1.24. The molecule has 0 fully saturated rings. The molecule has 4 aromatic rings. The first-order chi connectivity index (χ1) is 18.5. The van der Waals surface area contributed by atoms with Crippen molar-refractivity contribution >= 4 is 18.1 Å². The first kappa shape index (κ1) is 25.2. The second-order valence-corrected chi connectivity index (χ2v) is 9.49. The zero-order valence-corrected chi connectivity index (χ0v) is 21.3. The van der Waals surface area contributed by atoms with Gasteiger partial charge in [0, 0.05) is 38.8 Å². The van der Waals surface area contributed by atoms with Gasteiger partial charge in [0.25, 0.3) is 17.0 Å². The first-order valence-corrected chi connectivity index (χ1v) is 12.7. The summed E-state index contributed by atoms with van der Waals surface area (Å²) in [7, 11) is 1.58. The molecule has 0 radical (unpaired) electrons. The third-order valence-electron chi connectivity index (χ3n) is 6.89. The maximum atomic E-state index is 12.9. The normalized spacial score (nSPS) is 14.3. The number of hydrogen-bond donors (Lipinski definition) is 2. The second-order valence-electron chi connectivity index (χ2n) is 9.49. The summed E-state index contributed by atoms with van der Waals surface area (Å²) >= 11 is 0. The van der Waals surface area contributed by atoms with E-state index in [0.29, 0.717) is 17.7 Å². The fraction of sp³-hybridized carbons (Fsp3) is 0.194. The summed E-state index contributed by atoms with van der Waals surface area (Å²) in [5.41, 5.74) is 4.19. The highest BCUT2D eigenvalue weighted by molar-refractivity contribution is 5.94. The summed E-state index contributed by atoms with van der Waals surface area (Å²) in [6.07, 6.45) is 4.33. The van der Waals surface area contributed by atoms with Gasteiger partial charge in [-0.3, -0.25) is 19.3 Å². The van der Waals surface area contributed by atoms with Crippen molar-refractivity contribution in [2.45, 2.75) is 13.0 Å². The van der Waals surface area contributed by atoms with Crippen molar-refractivity contribution in [2.24, 2.45) is 7.05 Å². The summed E-state index contributed by atoms with van der Waals surface area (Å²) in [4.78, 5) is 43.3. The smallest absolute Gasteiger partial charge is 0.274 e. The molecule has 0 spiro atoms. The Labute approximate surface area is 220 Å². The van der Waals surface area contributed by atoms with Crippen LogP contribution in [0.4, 0.5) is 0 Å². The Morgan fingerprint density at radius 2 is 1.58 bits per heavy atom. The van der Waals surface area contributed by atoms with Gasteiger partial charge in [-0.2, -0.15) is 0 Å². The molecule has 7 heteroatoms. The van der Waals surface area contributed by atoms with Crippen LogP contribution < -0.4 is 27.1 Å². The molecule has 0 atom stereocenters. The minimum atomic E-state index is -0.351. The number of aromatic nitrogens is 2. The number of carbonyl (C=O) groups is 1. The lowest BCUT2D eigenvalue weighted by Gasteiger charge is -2.28. The lowest BCUT2D eigenvalue weighted by molar-refractivity contribution is 0.0947. The van der Waals surface area contributed by atoms with E-state index >= 15 is 0 Å². The molecule has 0 bridgehead atoms. The van der Waals surface area contributed by atoms with Crippen molar-refractivity contribution in [1.29, 1.82) is 0 Å². The SMILES string of the molecule is Cn1c(=O)/c(=C/c2ccc(C(=O)NCCN3CCc4ccccc4C3)cc2)[nH]c(=O)/c1=C/c1ccccc1. The number of hydrogen-bond acceptors (Lipinski definition) is 4. The van der Waals surface area contributed by atoms with Crippen LogP contribution in [0.3, 0.4) is 0 Å². The summed E-state index contributed by atoms with van der Waals surface area (Å²) in [6.45, 7) is 3.26. The second kappa shape index (κ2) is 11.3. The van der Waals surface area contributed by atoms with E-state index in [2.05, 4.69) is 39.5 Å². The predicted molar refractivity (Wildman–Crippen MR) is 149 cm³/mol. The fourth-order valence-corrected chi connectivity index (χ4v) is 4.72. The average molecular weight is 507 g/mol. The van der Waals surface area contributed by atoms with Crippen LogP contribution in [-0.2, 0) is 20.0 Å². The lowest BCUT2D eigenvalue weighted by atomic mass is 10.00. The Kier molecular flexibility index (Phi) is 7.47. The van der Waals surface area contributed by atoms with Crippen molar-refractivity contribution in [3.8, 4) is 0 Å². The van der Waals surface area contributed by atoms with Gasteiger partial charge in [-0.15, -0.1) is 0 Å². The zero-order chi connectivity index (χ0) is 26.5. The quantitative estimate of drug-likeness (QED) is 0.415. The molecule has 1 aliphatic heterocycles. The highest BCUT2D eigenvalue weighted by Crippen LogP contribution is 2.17. The van der Waals surface area contributed by atoms with E-state index in [1.54, 1.807) is 43.5 Å². The molecular weight excluding hydrogens is 476 g/mol. The summed E-state index contributed by atoms with van der Waals surface area (Å²) in [5, 5.41) is 3.45. The fourth-order valence-electron chi connectivity index (χ4n) is 4.72. The predicted octanol–water partition coefficient (Wildman–Crippen LogP) is 1.52. The molecule has 38 heavy (non-hydrogen) atoms. The van der Waals surface area contributed by atoms with Crippen LogP contribution in [0.1, 0.15) is 32.6 Å². The van der Waals surface area contributed by atoms with Crippen molar-refractivity contribution < 1.29 is 4.79 Å². The average Bonchev–Trinajstić information content (AvgIpc) is 2.95. The van der Waals surface area contributed by atoms with E-state index < -0.39 is 0 Å². The van der Waals surface area contributed by atoms with Gasteiger partial charge in [-0.25, -0.2) is 0 Å². The lowest BCUT2D eigenvalue weighted by Crippen LogP contribution is -2.52. The maximum Gasteiger partial charge on any atom is 0.274 e. The third kappa shape index (κ3) is 5.74. The Morgan fingerprint density at radius 1 is 0.895 bits per heavy atom. The molecule has 0 unspecified atom stereocenters. The molecule has 1 amide bonds. The van der Waals surface area contributed by atoms with Gasteiger partial charge in [0.2, 0.25) is 0 Å². The van der Waals surface area contributed by atoms with E-state index in [-0.39, 0.29) is 27.7 Å². The number of nitrogens with zero attached hydrogens (tertiary/aromatic N) is 2. The molecule has 192 valence electrons. The van der Waals surface area contributed by atoms with Crippen molar-refractivity contribution in [1.82, 2.24) is 19.8 Å². The highest BCUT2D eigenvalue weighted by Gasteiger charge is 2.15. The number of nitrogens with one attached hydrogen (secondary N) is 2. The van der Waals surface area contributed by atoms with Crippen molar-refractivity contribution in [3.05, 3.63) is 138 Å². The van der Waals surface area contributed by atoms with Gasteiger partial charge in [-0.1, -0.05) is 66.7 Å². The first-order valence-electron chi connectivity index (χ1n) is 12.7. The summed E-state index contributed by atoms with van der Waals surface area (Å²) in [5.74, 6) is -0.140. The zero-order valence-electron chi connectivity index (χ0n) is 21.3. The molecule has 0 saturated carbocycles. The van der Waals surface area contributed by atoms with Crippen LogP contribution in [-0.4, -0.2) is 40.0 Å². The number of benzene rings is 3. The Bertz CT molecular complexity index is 1690. The number of carbonyl (C=O) groups excluding carboxylic acids is 1. The van der Waals surface area contributed by atoms with Crippen LogP contribution in [0.2, 0.25) is 0 Å². The molecular formula is C31H30N4O3. The van der Waals surface area contributed by atoms with Crippen LogP contribution in [0, 0.1) is 0 Å². The van der Waals surface area contributed by atoms with E-state index in [1.165, 1.54) is 15.7 Å². The van der Waals surface area contributed by atoms with Gasteiger partial charge in [0.1, 0.15) is 10.7 Å². The van der Waals surface area contributed by atoms with E-state index in [9.17, 15) is 14.4 Å². The molecule has 0 saturated heterocycles. The minimum Gasteiger partial charge on any atom is -0.351 e. The van der Waals surface area contributed by atoms with Gasteiger partial charge >= 0.3 is 0 Å². The van der Waals surface area contributed by atoms with Crippen LogP contribution in [0.5, 0.6) is 0 Å². The molecule has 0 aliphatic carbocycles. The molecule has 2 heterocycles. The van der Waals surface area contributed by atoms with Gasteiger partial charge in [0.15, 0.2) is 0 Å². The molecule has 2 N–H and O–H groups in total. The van der Waals surface area contributed by atoms with E-state index in [4.69, 9.17) is 0 Å². The van der Waals surface area contributed by atoms with Gasteiger partial charge < -0.3 is 14.9 Å². The van der Waals surface area contributed by atoms with Gasteiger partial charge in [0.05, 0.1) is 0 Å². The largest absolute Gasteiger partial charge is 0.351 e. The number of rotatable bonds is 6. The highest BCUT2D eigenvalue weighted by atomic mass is 16.2. The maximum absolute atomic E-state index is 12.9. The van der Waals surface area contributed by atoms with Crippen LogP contribution in [0.15, 0.2) is 88.5 Å². The number of amides is 1. The standard InChI is InChI=1S/C31H30N4O3/c1-34-28(20-22-7-3-2-4-8-22)30(37)33-27(31(34)38)19-23-11-13-25(14-12-23)29(36)32-16-18-35-17-15-24-9-5-6-10-26(24)21-35/h2-14,19-20H,15-18,21H2,1H3,(H,32,36)(H,33,37)/b27-19-,28-20-. The Hall–Kier alpha value is -4.49. The number of fused-ring (bicyclic) bond motifs is 1. The van der Waals surface area contributed by atoms with Crippen LogP contribution in [0.25, 0.3) is 12.2 Å². The topological polar surface area (TPSA) is 87.2 Å². The minimum absolute atomic E-state index is 0.140. The van der Waals surface area contributed by atoms with Gasteiger partial charge in [-0.05, 0) is 53.0 Å². The molecule has 7 nitrogen and oxygen atoms in total. The van der Waals surface area contributed by atoms with Crippen molar-refractivity contribution in [3.63, 3.8) is 0 Å². The number of aromatic amines is 1. The van der Waals surface area contributed by atoms with E-state index in [1.807, 2.05) is 30.3 Å².